The van der Waals surface area contributed by atoms with Gasteiger partial charge in [0.05, 0.1) is 18.2 Å². The monoisotopic (exact) mass is 282 g/mol. The minimum atomic E-state index is -0.497. The van der Waals surface area contributed by atoms with E-state index in [1.807, 2.05) is 27.7 Å². The molecule has 0 aromatic carbocycles. The molecule has 114 valence electrons. The molecule has 1 aromatic heterocycles. The van der Waals surface area contributed by atoms with Crippen LogP contribution >= 0.6 is 0 Å². The van der Waals surface area contributed by atoms with Gasteiger partial charge in [0.15, 0.2) is 0 Å². The van der Waals surface area contributed by atoms with Gasteiger partial charge in [-0.25, -0.2) is 0 Å². The Labute approximate surface area is 120 Å². The van der Waals surface area contributed by atoms with E-state index >= 15 is 0 Å². The highest BCUT2D eigenvalue weighted by Gasteiger charge is 2.18. The summed E-state index contributed by atoms with van der Waals surface area (Å²) in [5, 5.41) is 16.6. The van der Waals surface area contributed by atoms with Crippen LogP contribution in [0.4, 0.5) is 0 Å². The summed E-state index contributed by atoms with van der Waals surface area (Å²) in [6.45, 7) is 8.26. The van der Waals surface area contributed by atoms with Crippen molar-refractivity contribution in [2.24, 2.45) is 5.92 Å². The van der Waals surface area contributed by atoms with Gasteiger partial charge < -0.3 is 14.9 Å². The van der Waals surface area contributed by atoms with E-state index in [9.17, 15) is 9.90 Å². The molecule has 5 nitrogen and oxygen atoms in total. The van der Waals surface area contributed by atoms with Crippen molar-refractivity contribution in [2.45, 2.75) is 59.5 Å². The molecule has 0 spiro atoms. The molecule has 2 unspecified atom stereocenters. The molecule has 0 saturated heterocycles. The van der Waals surface area contributed by atoms with Gasteiger partial charge in [0.1, 0.15) is 5.76 Å². The normalized spacial score (nSPS) is 14.1. The van der Waals surface area contributed by atoms with Gasteiger partial charge in [-0.05, 0) is 12.3 Å². The molecule has 0 aliphatic rings. The topological polar surface area (TPSA) is 75.4 Å². The van der Waals surface area contributed by atoms with E-state index in [-0.39, 0.29) is 18.2 Å². The zero-order valence-corrected chi connectivity index (χ0v) is 12.9. The lowest BCUT2D eigenvalue weighted by Crippen LogP contribution is -2.36. The average molecular weight is 282 g/mol. The molecule has 2 N–H and O–H groups in total. The molecule has 0 aliphatic carbocycles. The molecule has 2 atom stereocenters. The highest BCUT2D eigenvalue weighted by atomic mass is 16.5. The fourth-order valence-electron chi connectivity index (χ4n) is 2.05. The van der Waals surface area contributed by atoms with Gasteiger partial charge in [0.25, 0.3) is 0 Å². The van der Waals surface area contributed by atoms with Crippen molar-refractivity contribution in [2.75, 3.05) is 6.54 Å². The van der Waals surface area contributed by atoms with Crippen LogP contribution in [0, 0.1) is 5.92 Å². The van der Waals surface area contributed by atoms with E-state index in [0.717, 1.165) is 36.3 Å². The second-order valence-corrected chi connectivity index (χ2v) is 5.17. The van der Waals surface area contributed by atoms with E-state index in [2.05, 4.69) is 10.5 Å². The summed E-state index contributed by atoms with van der Waals surface area (Å²) in [4.78, 5) is 12.0. The summed E-state index contributed by atoms with van der Waals surface area (Å²) in [5.74, 6) is 0.864. The molecule has 0 radical (unpaired) electrons. The minimum Gasteiger partial charge on any atom is -0.391 e. The van der Waals surface area contributed by atoms with Crippen LogP contribution in [0.15, 0.2) is 4.52 Å². The van der Waals surface area contributed by atoms with Gasteiger partial charge in [-0.1, -0.05) is 39.3 Å². The molecular formula is C15H26N2O3. The van der Waals surface area contributed by atoms with Crippen LogP contribution in [0.25, 0.3) is 0 Å². The second-order valence-electron chi connectivity index (χ2n) is 5.17. The van der Waals surface area contributed by atoms with Crippen LogP contribution in [0.1, 0.15) is 51.1 Å². The average Bonchev–Trinajstić information content (AvgIpc) is 2.85. The molecule has 1 aromatic rings. The van der Waals surface area contributed by atoms with Crippen LogP contribution in [0.2, 0.25) is 0 Å². The lowest BCUT2D eigenvalue weighted by molar-refractivity contribution is -0.121. The number of amides is 1. The number of aromatic nitrogens is 1. The highest BCUT2D eigenvalue weighted by molar-refractivity contribution is 5.79. The van der Waals surface area contributed by atoms with E-state index in [0.29, 0.717) is 6.54 Å². The third-order valence-electron chi connectivity index (χ3n) is 3.75. The number of nitrogens with one attached hydrogen (secondary N) is 1. The van der Waals surface area contributed by atoms with Crippen molar-refractivity contribution in [1.29, 1.82) is 0 Å². The molecule has 1 heterocycles. The van der Waals surface area contributed by atoms with Crippen molar-refractivity contribution >= 4 is 5.91 Å². The Morgan fingerprint density at radius 2 is 2.05 bits per heavy atom. The molecule has 5 heteroatoms. The first-order valence-corrected chi connectivity index (χ1v) is 7.44. The number of aliphatic hydroxyl groups excluding tert-OH is 1. The number of nitrogens with zero attached hydrogens (tertiary/aromatic N) is 1. The lowest BCUT2D eigenvalue weighted by Gasteiger charge is -2.17. The zero-order valence-electron chi connectivity index (χ0n) is 12.9. The largest absolute Gasteiger partial charge is 0.391 e. The van der Waals surface area contributed by atoms with Crippen molar-refractivity contribution < 1.29 is 14.4 Å². The van der Waals surface area contributed by atoms with Gasteiger partial charge in [-0.2, -0.15) is 0 Å². The maximum Gasteiger partial charge on any atom is 0.224 e. The second kappa shape index (κ2) is 8.04. The minimum absolute atomic E-state index is 0.0973. The molecule has 1 amide bonds. The van der Waals surface area contributed by atoms with Gasteiger partial charge in [0.2, 0.25) is 5.91 Å². The number of hydrogen-bond acceptors (Lipinski definition) is 4. The number of hydrogen-bond donors (Lipinski definition) is 2. The number of aryl methyl sites for hydroxylation is 2. The molecule has 0 saturated carbocycles. The van der Waals surface area contributed by atoms with Gasteiger partial charge in [-0.15, -0.1) is 0 Å². The van der Waals surface area contributed by atoms with Crippen LogP contribution in [-0.2, 0) is 24.1 Å². The Kier molecular flexibility index (Phi) is 6.71. The Bertz CT molecular complexity index is 407. The summed E-state index contributed by atoms with van der Waals surface area (Å²) in [6, 6.07) is 0. The number of rotatable bonds is 8. The SMILES string of the molecule is CCc1noc(CC)c1CC(=O)NCC(O)C(C)CC. The first-order chi connectivity index (χ1) is 9.53. The first kappa shape index (κ1) is 16.7. The predicted molar refractivity (Wildman–Crippen MR) is 77.4 cm³/mol. The summed E-state index contributed by atoms with van der Waals surface area (Å²) in [5.41, 5.74) is 1.74. The molecule has 1 rings (SSSR count). The fraction of sp³-hybridized carbons (Fsp3) is 0.733. The van der Waals surface area contributed by atoms with Crippen molar-refractivity contribution in [3.8, 4) is 0 Å². The van der Waals surface area contributed by atoms with Gasteiger partial charge in [0, 0.05) is 18.5 Å². The van der Waals surface area contributed by atoms with E-state index in [1.54, 1.807) is 0 Å². The van der Waals surface area contributed by atoms with Crippen LogP contribution in [0.5, 0.6) is 0 Å². The number of carbonyl (C=O) groups is 1. The molecule has 0 aliphatic heterocycles. The summed E-state index contributed by atoms with van der Waals surface area (Å²) in [7, 11) is 0. The van der Waals surface area contributed by atoms with E-state index in [4.69, 9.17) is 4.52 Å². The first-order valence-electron chi connectivity index (χ1n) is 7.44. The quantitative estimate of drug-likeness (QED) is 0.763. The fourth-order valence-corrected chi connectivity index (χ4v) is 2.05. The molecule has 0 bridgehead atoms. The third-order valence-corrected chi connectivity index (χ3v) is 3.75. The maximum absolute atomic E-state index is 12.0. The third kappa shape index (κ3) is 4.34. The number of carbonyl (C=O) groups excluding carboxylic acids is 1. The maximum atomic E-state index is 12.0. The van der Waals surface area contributed by atoms with Crippen LogP contribution in [-0.4, -0.2) is 28.8 Å². The summed E-state index contributed by atoms with van der Waals surface area (Å²) >= 11 is 0. The highest BCUT2D eigenvalue weighted by Crippen LogP contribution is 2.16. The Morgan fingerprint density at radius 1 is 1.35 bits per heavy atom. The smallest absolute Gasteiger partial charge is 0.224 e. The van der Waals surface area contributed by atoms with E-state index < -0.39 is 6.10 Å². The Hall–Kier alpha value is -1.36. The summed E-state index contributed by atoms with van der Waals surface area (Å²) in [6.07, 6.45) is 2.14. The predicted octanol–water partition coefficient (Wildman–Crippen LogP) is 1.87. The lowest BCUT2D eigenvalue weighted by atomic mass is 10.0. The Balaban J connectivity index is 2.56. The van der Waals surface area contributed by atoms with Gasteiger partial charge >= 0.3 is 0 Å². The molecule has 0 fully saturated rings. The standard InChI is InChI=1S/C15H26N2O3/c1-5-10(4)13(18)9-16-15(19)8-11-12(6-2)17-20-14(11)7-3/h10,13,18H,5-9H2,1-4H3,(H,16,19). The van der Waals surface area contributed by atoms with Crippen LogP contribution in [0.3, 0.4) is 0 Å². The summed E-state index contributed by atoms with van der Waals surface area (Å²) < 4.78 is 5.24. The molecular weight excluding hydrogens is 256 g/mol. The Morgan fingerprint density at radius 3 is 2.60 bits per heavy atom. The van der Waals surface area contributed by atoms with Crippen molar-refractivity contribution in [3.63, 3.8) is 0 Å². The van der Waals surface area contributed by atoms with Crippen molar-refractivity contribution in [3.05, 3.63) is 17.0 Å². The van der Waals surface area contributed by atoms with Gasteiger partial charge in [-0.3, -0.25) is 4.79 Å². The van der Waals surface area contributed by atoms with Crippen molar-refractivity contribution in [1.82, 2.24) is 10.5 Å². The van der Waals surface area contributed by atoms with Crippen LogP contribution < -0.4 is 5.32 Å². The zero-order chi connectivity index (χ0) is 15.1. The number of aliphatic hydroxyl groups is 1. The van der Waals surface area contributed by atoms with E-state index in [1.165, 1.54) is 0 Å². The molecule has 20 heavy (non-hydrogen) atoms.